The smallest absolute Gasteiger partial charge is 0.130 e. The first-order valence-corrected chi connectivity index (χ1v) is 9.79. The minimum absolute atomic E-state index is 0. The van der Waals surface area contributed by atoms with Gasteiger partial charge < -0.3 is 24.5 Å². The highest BCUT2D eigenvalue weighted by atomic mass is 35.5. The number of halogens is 2. The summed E-state index contributed by atoms with van der Waals surface area (Å²) in [6.07, 6.45) is 3.00. The van der Waals surface area contributed by atoms with Crippen LogP contribution in [0, 0.1) is 0 Å². The van der Waals surface area contributed by atoms with E-state index in [1.54, 1.807) is 13.3 Å². The van der Waals surface area contributed by atoms with E-state index in [1.807, 2.05) is 66.3 Å². The molecule has 8 heteroatoms. The summed E-state index contributed by atoms with van der Waals surface area (Å²) >= 11 is 5.89. The number of rotatable bonds is 10. The molecule has 0 saturated heterocycles. The predicted molar refractivity (Wildman–Crippen MR) is 120 cm³/mol. The average Bonchev–Trinajstić information content (AvgIpc) is 3.15. The zero-order chi connectivity index (χ0) is 20.6. The number of aliphatic hydroxyl groups is 1. The molecule has 2 aromatic carbocycles. The lowest BCUT2D eigenvalue weighted by Gasteiger charge is -2.21. The number of aryl methyl sites for hydroxylation is 1. The van der Waals surface area contributed by atoms with E-state index < -0.39 is 6.10 Å². The molecule has 3 rings (SSSR count). The maximum atomic E-state index is 10.4. The Kier molecular flexibility index (Phi) is 9.62. The van der Waals surface area contributed by atoms with Crippen molar-refractivity contribution in [3.8, 4) is 5.75 Å². The second-order valence-corrected chi connectivity index (χ2v) is 7.25. The maximum Gasteiger partial charge on any atom is 0.130 e. The van der Waals surface area contributed by atoms with Crippen LogP contribution in [0.5, 0.6) is 5.75 Å². The van der Waals surface area contributed by atoms with Gasteiger partial charge in [0.25, 0.3) is 0 Å². The van der Waals surface area contributed by atoms with Crippen molar-refractivity contribution < 1.29 is 14.6 Å². The van der Waals surface area contributed by atoms with Gasteiger partial charge in [-0.05, 0) is 35.4 Å². The van der Waals surface area contributed by atoms with Crippen LogP contribution in [0.25, 0.3) is 0 Å². The SMILES string of the molecule is COc1cccc(C(NCC(O)COCc2ccc(Cl)cc2)c2nccn2C)c1.Cl. The van der Waals surface area contributed by atoms with Crippen molar-refractivity contribution in [2.75, 3.05) is 20.3 Å². The molecule has 2 unspecified atom stereocenters. The number of hydrogen-bond donors (Lipinski definition) is 2. The lowest BCUT2D eigenvalue weighted by atomic mass is 10.1. The summed E-state index contributed by atoms with van der Waals surface area (Å²) in [7, 11) is 3.59. The Morgan fingerprint density at radius 3 is 2.63 bits per heavy atom. The second-order valence-electron chi connectivity index (χ2n) is 6.81. The van der Waals surface area contributed by atoms with Crippen LogP contribution in [0.15, 0.2) is 60.9 Å². The van der Waals surface area contributed by atoms with E-state index in [1.165, 1.54) is 0 Å². The van der Waals surface area contributed by atoms with Crippen molar-refractivity contribution in [3.05, 3.63) is 82.9 Å². The number of ether oxygens (including phenoxy) is 2. The molecule has 0 aliphatic heterocycles. The minimum atomic E-state index is -0.657. The molecule has 0 saturated carbocycles. The third kappa shape index (κ3) is 6.72. The molecule has 1 aromatic heterocycles. The van der Waals surface area contributed by atoms with Gasteiger partial charge in [-0.2, -0.15) is 0 Å². The van der Waals surface area contributed by atoms with Crippen LogP contribution in [0.3, 0.4) is 0 Å². The summed E-state index contributed by atoms with van der Waals surface area (Å²) in [4.78, 5) is 4.47. The highest BCUT2D eigenvalue weighted by Gasteiger charge is 2.20. The van der Waals surface area contributed by atoms with Crippen molar-refractivity contribution in [1.82, 2.24) is 14.9 Å². The number of benzene rings is 2. The molecular weight excluding hydrogens is 425 g/mol. The molecule has 2 N–H and O–H groups in total. The number of imidazole rings is 1. The first-order valence-electron chi connectivity index (χ1n) is 9.41. The summed E-state index contributed by atoms with van der Waals surface area (Å²) < 4.78 is 12.9. The zero-order valence-electron chi connectivity index (χ0n) is 17.0. The van der Waals surface area contributed by atoms with E-state index in [0.29, 0.717) is 18.2 Å². The number of aromatic nitrogens is 2. The highest BCUT2D eigenvalue weighted by molar-refractivity contribution is 6.30. The number of methoxy groups -OCH3 is 1. The van der Waals surface area contributed by atoms with Crippen molar-refractivity contribution in [2.24, 2.45) is 7.05 Å². The fourth-order valence-electron chi connectivity index (χ4n) is 3.04. The van der Waals surface area contributed by atoms with Crippen LogP contribution in [0.2, 0.25) is 5.02 Å². The van der Waals surface area contributed by atoms with Crippen molar-refractivity contribution in [3.63, 3.8) is 0 Å². The Hall–Kier alpha value is -2.09. The van der Waals surface area contributed by atoms with Crippen molar-refractivity contribution in [1.29, 1.82) is 0 Å². The number of nitrogens with zero attached hydrogens (tertiary/aromatic N) is 2. The average molecular weight is 452 g/mol. The van der Waals surface area contributed by atoms with Gasteiger partial charge in [0.05, 0.1) is 32.5 Å². The molecule has 0 amide bonds. The fraction of sp³-hybridized carbons (Fsp3) is 0.318. The van der Waals surface area contributed by atoms with Gasteiger partial charge in [0, 0.05) is 31.0 Å². The Balaban J connectivity index is 0.00000320. The van der Waals surface area contributed by atoms with Gasteiger partial charge in [0.1, 0.15) is 11.6 Å². The molecular formula is C22H27Cl2N3O3. The molecule has 3 aromatic rings. The summed E-state index contributed by atoms with van der Waals surface area (Å²) in [6, 6.07) is 15.1. The molecule has 0 fully saturated rings. The van der Waals surface area contributed by atoms with Gasteiger partial charge in [-0.15, -0.1) is 12.4 Å². The molecule has 30 heavy (non-hydrogen) atoms. The molecule has 0 bridgehead atoms. The molecule has 1 heterocycles. The van der Waals surface area contributed by atoms with Crippen molar-refractivity contribution >= 4 is 24.0 Å². The summed E-state index contributed by atoms with van der Waals surface area (Å²) in [5.74, 6) is 1.63. The first kappa shape index (κ1) is 24.2. The van der Waals surface area contributed by atoms with Gasteiger partial charge in [-0.1, -0.05) is 35.9 Å². The highest BCUT2D eigenvalue weighted by Crippen LogP contribution is 2.24. The van der Waals surface area contributed by atoms with E-state index in [-0.39, 0.29) is 25.1 Å². The number of hydrogen-bond acceptors (Lipinski definition) is 5. The van der Waals surface area contributed by atoms with Crippen molar-refractivity contribution in [2.45, 2.75) is 18.8 Å². The monoisotopic (exact) mass is 451 g/mol. The van der Waals surface area contributed by atoms with Gasteiger partial charge >= 0.3 is 0 Å². The Morgan fingerprint density at radius 1 is 1.20 bits per heavy atom. The summed E-state index contributed by atoms with van der Waals surface area (Å²) in [6.45, 7) is 1.00. The molecule has 0 spiro atoms. The Morgan fingerprint density at radius 2 is 1.97 bits per heavy atom. The first-order chi connectivity index (χ1) is 14.1. The molecule has 2 atom stereocenters. The number of aliphatic hydroxyl groups excluding tert-OH is 1. The van der Waals surface area contributed by atoms with Gasteiger partial charge in [-0.25, -0.2) is 4.98 Å². The maximum absolute atomic E-state index is 10.4. The lowest BCUT2D eigenvalue weighted by Crippen LogP contribution is -2.34. The summed E-state index contributed by atoms with van der Waals surface area (Å²) in [5, 5.41) is 14.5. The fourth-order valence-corrected chi connectivity index (χ4v) is 3.17. The molecule has 0 aliphatic carbocycles. The summed E-state index contributed by atoms with van der Waals surface area (Å²) in [5.41, 5.74) is 2.02. The van der Waals surface area contributed by atoms with Gasteiger partial charge in [-0.3, -0.25) is 0 Å². The van der Waals surface area contributed by atoms with E-state index in [4.69, 9.17) is 21.1 Å². The lowest BCUT2D eigenvalue weighted by molar-refractivity contribution is 0.0279. The van der Waals surface area contributed by atoms with E-state index in [0.717, 1.165) is 22.7 Å². The van der Waals surface area contributed by atoms with Crippen LogP contribution in [-0.4, -0.2) is 41.0 Å². The van der Waals surface area contributed by atoms with Gasteiger partial charge in [0.2, 0.25) is 0 Å². The van der Waals surface area contributed by atoms with Crippen LogP contribution >= 0.6 is 24.0 Å². The molecule has 162 valence electrons. The van der Waals surface area contributed by atoms with Crippen LogP contribution in [0.4, 0.5) is 0 Å². The quantitative estimate of drug-likeness (QED) is 0.491. The molecule has 0 radical (unpaired) electrons. The topological polar surface area (TPSA) is 68.5 Å². The number of nitrogens with one attached hydrogen (secondary N) is 1. The second kappa shape index (κ2) is 11.9. The largest absolute Gasteiger partial charge is 0.497 e. The minimum Gasteiger partial charge on any atom is -0.497 e. The van der Waals surface area contributed by atoms with E-state index in [9.17, 15) is 5.11 Å². The van der Waals surface area contributed by atoms with Crippen LogP contribution in [0.1, 0.15) is 23.0 Å². The normalized spacial score (nSPS) is 12.8. The van der Waals surface area contributed by atoms with E-state index >= 15 is 0 Å². The Labute approximate surface area is 188 Å². The molecule has 6 nitrogen and oxygen atoms in total. The standard InChI is InChI=1S/C22H26ClN3O3.ClH/c1-26-11-10-24-22(26)21(17-4-3-5-20(12-17)28-2)25-13-19(27)15-29-14-16-6-8-18(23)9-7-16;/h3-12,19,21,25,27H,13-15H2,1-2H3;1H. The van der Waals surface area contributed by atoms with Gasteiger partial charge in [0.15, 0.2) is 0 Å². The zero-order valence-corrected chi connectivity index (χ0v) is 18.6. The predicted octanol–water partition coefficient (Wildman–Crippen LogP) is 3.76. The third-order valence-corrected chi connectivity index (χ3v) is 4.85. The van der Waals surface area contributed by atoms with Crippen LogP contribution < -0.4 is 10.1 Å². The Bertz CT molecular complexity index is 903. The third-order valence-electron chi connectivity index (χ3n) is 4.59. The molecule has 0 aliphatic rings. The van der Waals surface area contributed by atoms with E-state index in [2.05, 4.69) is 10.3 Å². The van der Waals surface area contributed by atoms with Crippen LogP contribution in [-0.2, 0) is 18.4 Å².